The highest BCUT2D eigenvalue weighted by Gasteiger charge is 2.44. The van der Waals surface area contributed by atoms with Crippen molar-refractivity contribution in [1.29, 1.82) is 0 Å². The van der Waals surface area contributed by atoms with Gasteiger partial charge in [0.2, 0.25) is 5.91 Å². The summed E-state index contributed by atoms with van der Waals surface area (Å²) in [6.07, 6.45) is 0.101. The van der Waals surface area contributed by atoms with Crippen LogP contribution in [0.5, 0.6) is 0 Å². The molecule has 0 bridgehead atoms. The van der Waals surface area contributed by atoms with Gasteiger partial charge in [0.05, 0.1) is 15.7 Å². The molecule has 2 heterocycles. The molecular formula is C11H12BrNO3S. The second-order valence-electron chi connectivity index (χ2n) is 3.92. The van der Waals surface area contributed by atoms with Crippen LogP contribution in [0.25, 0.3) is 0 Å². The number of thiophene rings is 1. The first kappa shape index (κ1) is 12.6. The van der Waals surface area contributed by atoms with Crippen LogP contribution < -0.4 is 0 Å². The van der Waals surface area contributed by atoms with Crippen molar-refractivity contribution in [2.45, 2.75) is 19.4 Å². The normalized spacial score (nSPS) is 24.4. The number of aliphatic carboxylic acids is 1. The number of likely N-dealkylation sites (tertiary alicyclic amines) is 1. The van der Waals surface area contributed by atoms with Gasteiger partial charge in [-0.1, -0.05) is 0 Å². The Kier molecular flexibility index (Phi) is 3.53. The molecule has 0 spiro atoms. The lowest BCUT2D eigenvalue weighted by Gasteiger charge is -2.24. The van der Waals surface area contributed by atoms with Crippen LogP contribution in [0, 0.1) is 5.92 Å². The van der Waals surface area contributed by atoms with E-state index in [1.807, 2.05) is 19.1 Å². The molecule has 0 aromatic carbocycles. The van der Waals surface area contributed by atoms with E-state index in [2.05, 4.69) is 15.9 Å². The molecule has 6 heteroatoms. The Morgan fingerprint density at radius 1 is 1.65 bits per heavy atom. The monoisotopic (exact) mass is 317 g/mol. The lowest BCUT2D eigenvalue weighted by molar-refractivity contribution is -0.142. The van der Waals surface area contributed by atoms with Crippen molar-refractivity contribution >= 4 is 39.1 Å². The summed E-state index contributed by atoms with van der Waals surface area (Å²) in [5.41, 5.74) is 0. The molecule has 2 rings (SSSR count). The van der Waals surface area contributed by atoms with Gasteiger partial charge in [0.25, 0.3) is 0 Å². The maximum atomic E-state index is 11.8. The summed E-state index contributed by atoms with van der Waals surface area (Å²) in [5, 5.41) is 9.20. The molecule has 1 aliphatic heterocycles. The van der Waals surface area contributed by atoms with Gasteiger partial charge in [0.1, 0.15) is 0 Å². The second kappa shape index (κ2) is 4.78. The third-order valence-electron chi connectivity index (χ3n) is 2.98. The highest BCUT2D eigenvalue weighted by atomic mass is 79.9. The molecule has 1 fully saturated rings. The molecule has 1 amide bonds. The molecule has 4 nitrogen and oxygen atoms in total. The third kappa shape index (κ3) is 2.24. The predicted octanol–water partition coefficient (Wildman–Crippen LogP) is 2.50. The van der Waals surface area contributed by atoms with Crippen LogP contribution in [0.4, 0.5) is 0 Å². The van der Waals surface area contributed by atoms with Crippen LogP contribution in [0.2, 0.25) is 0 Å². The summed E-state index contributed by atoms with van der Waals surface area (Å²) in [7, 11) is 0. The van der Waals surface area contributed by atoms with Crippen LogP contribution >= 0.6 is 27.3 Å². The summed E-state index contributed by atoms with van der Waals surface area (Å²) in [5.74, 6) is -1.61. The van der Waals surface area contributed by atoms with Gasteiger partial charge in [-0.3, -0.25) is 9.59 Å². The maximum absolute atomic E-state index is 11.8. The molecule has 2 atom stereocenters. The van der Waals surface area contributed by atoms with Crippen molar-refractivity contribution in [3.8, 4) is 0 Å². The number of hydrogen-bond acceptors (Lipinski definition) is 3. The topological polar surface area (TPSA) is 57.6 Å². The van der Waals surface area contributed by atoms with E-state index in [9.17, 15) is 14.7 Å². The van der Waals surface area contributed by atoms with Crippen molar-refractivity contribution in [2.24, 2.45) is 5.92 Å². The van der Waals surface area contributed by atoms with Crippen molar-refractivity contribution < 1.29 is 14.7 Å². The van der Waals surface area contributed by atoms with E-state index >= 15 is 0 Å². The Bertz CT molecular complexity index is 459. The Hall–Kier alpha value is -0.880. The summed E-state index contributed by atoms with van der Waals surface area (Å²) in [6.45, 7) is 2.42. The van der Waals surface area contributed by atoms with E-state index in [0.717, 1.165) is 8.66 Å². The minimum absolute atomic E-state index is 0.0746. The largest absolute Gasteiger partial charge is 0.481 e. The number of hydrogen-bond donors (Lipinski definition) is 1. The van der Waals surface area contributed by atoms with E-state index in [-0.39, 0.29) is 18.4 Å². The Morgan fingerprint density at radius 3 is 2.82 bits per heavy atom. The molecule has 1 aromatic rings. The van der Waals surface area contributed by atoms with Gasteiger partial charge in [-0.2, -0.15) is 0 Å². The molecule has 0 radical (unpaired) electrons. The number of carbonyl (C=O) groups excluding carboxylic acids is 1. The van der Waals surface area contributed by atoms with Gasteiger partial charge in [0, 0.05) is 17.8 Å². The Balaban J connectivity index is 2.38. The number of nitrogens with zero attached hydrogens (tertiary/aromatic N) is 1. The number of carbonyl (C=O) groups is 2. The second-order valence-corrected chi connectivity index (χ2v) is 6.41. The van der Waals surface area contributed by atoms with E-state index < -0.39 is 11.9 Å². The minimum Gasteiger partial charge on any atom is -0.481 e. The van der Waals surface area contributed by atoms with Crippen LogP contribution in [-0.2, 0) is 9.59 Å². The van der Waals surface area contributed by atoms with E-state index in [1.165, 1.54) is 11.3 Å². The smallest absolute Gasteiger partial charge is 0.309 e. The third-order valence-corrected chi connectivity index (χ3v) is 4.67. The molecular weight excluding hydrogens is 306 g/mol. The summed E-state index contributed by atoms with van der Waals surface area (Å²) in [4.78, 5) is 25.6. The van der Waals surface area contributed by atoms with E-state index in [4.69, 9.17) is 0 Å². The van der Waals surface area contributed by atoms with Gasteiger partial charge < -0.3 is 10.0 Å². The summed E-state index contributed by atoms with van der Waals surface area (Å²) >= 11 is 4.85. The number of amides is 1. The van der Waals surface area contributed by atoms with Gasteiger partial charge in [-0.25, -0.2) is 0 Å². The quantitative estimate of drug-likeness (QED) is 0.931. The lowest BCUT2D eigenvalue weighted by atomic mass is 9.99. The minimum atomic E-state index is -0.899. The molecule has 1 N–H and O–H groups in total. The molecule has 1 aromatic heterocycles. The lowest BCUT2D eigenvalue weighted by Crippen LogP contribution is -2.29. The fraction of sp³-hybridized carbons (Fsp3) is 0.455. The molecule has 1 aliphatic rings. The fourth-order valence-corrected chi connectivity index (χ4v) is 3.83. The molecule has 92 valence electrons. The van der Waals surface area contributed by atoms with Crippen molar-refractivity contribution in [2.75, 3.05) is 6.54 Å². The van der Waals surface area contributed by atoms with Crippen LogP contribution in [-0.4, -0.2) is 28.4 Å². The number of carboxylic acid groups (broad SMARTS) is 1. The van der Waals surface area contributed by atoms with Crippen molar-refractivity contribution in [1.82, 2.24) is 4.90 Å². The zero-order valence-electron chi connectivity index (χ0n) is 9.22. The highest BCUT2D eigenvalue weighted by molar-refractivity contribution is 9.11. The van der Waals surface area contributed by atoms with Gasteiger partial charge in [-0.05, 0) is 35.0 Å². The van der Waals surface area contributed by atoms with Gasteiger partial charge in [-0.15, -0.1) is 11.3 Å². The highest BCUT2D eigenvalue weighted by Crippen LogP contribution is 2.41. The Morgan fingerprint density at radius 2 is 2.35 bits per heavy atom. The number of carboxylic acids is 1. The predicted molar refractivity (Wildman–Crippen MR) is 67.9 cm³/mol. The van der Waals surface area contributed by atoms with E-state index in [1.54, 1.807) is 4.90 Å². The van der Waals surface area contributed by atoms with Gasteiger partial charge in [0.15, 0.2) is 0 Å². The number of rotatable bonds is 3. The standard InChI is InChI=1S/C11H12BrNO3S/c1-2-13-9(14)5-6(11(15)16)10(13)7-3-4-8(12)17-7/h3-4,6,10H,2,5H2,1H3,(H,15,16). The summed E-state index contributed by atoms with van der Waals surface area (Å²) < 4.78 is 0.951. The first-order valence-electron chi connectivity index (χ1n) is 5.32. The fourth-order valence-electron chi connectivity index (χ4n) is 2.22. The van der Waals surface area contributed by atoms with Crippen LogP contribution in [0.3, 0.4) is 0 Å². The maximum Gasteiger partial charge on any atom is 0.309 e. The first-order valence-corrected chi connectivity index (χ1v) is 6.93. The number of halogens is 1. The van der Waals surface area contributed by atoms with E-state index in [0.29, 0.717) is 6.54 Å². The molecule has 0 saturated carbocycles. The molecule has 17 heavy (non-hydrogen) atoms. The zero-order valence-corrected chi connectivity index (χ0v) is 11.6. The average molecular weight is 318 g/mol. The van der Waals surface area contributed by atoms with Crippen LogP contribution in [0.15, 0.2) is 15.9 Å². The van der Waals surface area contributed by atoms with Crippen molar-refractivity contribution in [3.63, 3.8) is 0 Å². The summed E-state index contributed by atoms with van der Waals surface area (Å²) in [6, 6.07) is 3.45. The van der Waals surface area contributed by atoms with Gasteiger partial charge >= 0.3 is 5.97 Å². The molecule has 1 saturated heterocycles. The SMILES string of the molecule is CCN1C(=O)CC(C(=O)O)C1c1ccc(Br)s1. The Labute approximate surface area is 111 Å². The molecule has 2 unspecified atom stereocenters. The first-order chi connectivity index (χ1) is 8.04. The van der Waals surface area contributed by atoms with Crippen molar-refractivity contribution in [3.05, 3.63) is 20.8 Å². The molecule has 0 aliphatic carbocycles. The average Bonchev–Trinajstić information content (AvgIpc) is 2.81. The zero-order chi connectivity index (χ0) is 12.6. The van der Waals surface area contributed by atoms with Crippen LogP contribution in [0.1, 0.15) is 24.3 Å².